The fourth-order valence-corrected chi connectivity index (χ4v) is 1.30. The van der Waals surface area contributed by atoms with Crippen molar-refractivity contribution in [3.05, 3.63) is 29.5 Å². The van der Waals surface area contributed by atoms with Crippen LogP contribution in [0.15, 0.2) is 29.2 Å². The van der Waals surface area contributed by atoms with E-state index in [1.165, 1.54) is 0 Å². The maximum atomic E-state index is 10.9. The summed E-state index contributed by atoms with van der Waals surface area (Å²) < 4.78 is 0. The molecule has 0 saturated carbocycles. The van der Waals surface area contributed by atoms with Crippen molar-refractivity contribution in [1.82, 2.24) is 0 Å². The molecule has 1 aromatic carbocycles. The molecule has 0 radical (unpaired) electrons. The predicted molar refractivity (Wildman–Crippen MR) is 48.1 cm³/mol. The zero-order valence-corrected chi connectivity index (χ0v) is 7.44. The second kappa shape index (κ2) is 3.76. The van der Waals surface area contributed by atoms with Gasteiger partial charge >= 0.3 is 0 Å². The monoisotopic (exact) mass is 169 g/mol. The Kier molecular flexibility index (Phi) is 2.93. The normalized spacial score (nSPS) is 13.0. The van der Waals surface area contributed by atoms with Crippen molar-refractivity contribution in [2.75, 3.05) is 13.3 Å². The van der Waals surface area contributed by atoms with E-state index in [9.17, 15) is 5.21 Å². The molecule has 0 bridgehead atoms. The van der Waals surface area contributed by atoms with Crippen molar-refractivity contribution in [2.24, 2.45) is 0 Å². The number of rotatable bonds is 2. The molecule has 3 heteroatoms. The molecule has 0 saturated heterocycles. The minimum atomic E-state index is 0.126. The average Bonchev–Trinajstić information content (AvgIpc) is 2.05. The number of hydrogen-bond donors (Lipinski definition) is 1. The molecule has 0 fully saturated rings. The molecule has 1 atom stereocenters. The lowest BCUT2D eigenvalue weighted by Crippen LogP contribution is -2.98. The molecule has 0 aliphatic heterocycles. The van der Waals surface area contributed by atoms with Crippen molar-refractivity contribution in [2.45, 2.75) is 4.90 Å². The van der Waals surface area contributed by atoms with Crippen LogP contribution in [-0.2, 0) is 0 Å². The molecule has 2 nitrogen and oxygen atoms in total. The average molecular weight is 169 g/mol. The summed E-state index contributed by atoms with van der Waals surface area (Å²) in [7, 11) is 1.58. The molecular formula is C8H11NOS. The van der Waals surface area contributed by atoms with E-state index in [4.69, 9.17) is 0 Å². The smallest absolute Gasteiger partial charge is 0.132 e. The topological polar surface area (TPSA) is 27.5 Å². The highest BCUT2D eigenvalue weighted by atomic mass is 32.2. The van der Waals surface area contributed by atoms with E-state index in [1.54, 1.807) is 18.8 Å². The lowest BCUT2D eigenvalue weighted by Gasteiger charge is -2.15. The SMILES string of the molecule is CSc1cccc([NH+](C)[O-])c1. The van der Waals surface area contributed by atoms with Gasteiger partial charge in [0.15, 0.2) is 0 Å². The van der Waals surface area contributed by atoms with E-state index >= 15 is 0 Å². The maximum Gasteiger partial charge on any atom is 0.132 e. The van der Waals surface area contributed by atoms with Gasteiger partial charge in [-0.15, -0.1) is 11.8 Å². The van der Waals surface area contributed by atoms with Crippen LogP contribution in [0.2, 0.25) is 0 Å². The quantitative estimate of drug-likeness (QED) is 0.529. The number of benzene rings is 1. The standard InChI is InChI=1S/C8H11NOS/c1-9(10)7-4-3-5-8(6-7)11-2/h3-6,9H,1-2H3. The summed E-state index contributed by atoms with van der Waals surface area (Å²) >= 11 is 1.65. The molecule has 0 aliphatic carbocycles. The Morgan fingerprint density at radius 3 is 2.73 bits per heavy atom. The van der Waals surface area contributed by atoms with Gasteiger partial charge in [-0.25, -0.2) is 0 Å². The maximum absolute atomic E-state index is 10.9. The third-order valence-electron chi connectivity index (χ3n) is 1.48. The molecule has 1 N–H and O–H groups in total. The van der Waals surface area contributed by atoms with Crippen molar-refractivity contribution in [3.8, 4) is 0 Å². The van der Waals surface area contributed by atoms with Crippen LogP contribution in [-0.4, -0.2) is 13.3 Å². The second-order valence-electron chi connectivity index (χ2n) is 2.29. The number of hydroxylamine groups is 1. The van der Waals surface area contributed by atoms with Crippen molar-refractivity contribution >= 4 is 17.4 Å². The second-order valence-corrected chi connectivity index (χ2v) is 3.17. The fraction of sp³-hybridized carbons (Fsp3) is 0.250. The van der Waals surface area contributed by atoms with Gasteiger partial charge in [0.05, 0.1) is 7.05 Å². The van der Waals surface area contributed by atoms with Crippen LogP contribution in [0.25, 0.3) is 0 Å². The molecule has 1 aromatic rings. The largest absolute Gasteiger partial charge is 0.629 e. The van der Waals surface area contributed by atoms with Gasteiger partial charge < -0.3 is 10.3 Å². The predicted octanol–water partition coefficient (Wildman–Crippen LogP) is 1.05. The molecule has 0 aliphatic rings. The molecule has 1 unspecified atom stereocenters. The minimum Gasteiger partial charge on any atom is -0.629 e. The first-order chi connectivity index (χ1) is 5.24. The van der Waals surface area contributed by atoms with Crippen LogP contribution >= 0.6 is 11.8 Å². The van der Waals surface area contributed by atoms with Gasteiger partial charge in [-0.1, -0.05) is 6.07 Å². The molecule has 0 heterocycles. The Bertz CT molecular complexity index is 237. The summed E-state index contributed by atoms with van der Waals surface area (Å²) in [4.78, 5) is 1.14. The Labute approximate surface area is 70.8 Å². The third kappa shape index (κ3) is 2.22. The first kappa shape index (κ1) is 8.59. The summed E-state index contributed by atoms with van der Waals surface area (Å²) in [6.45, 7) is 0. The first-order valence-electron chi connectivity index (χ1n) is 3.39. The third-order valence-corrected chi connectivity index (χ3v) is 2.20. The Balaban J connectivity index is 2.91. The molecular weight excluding hydrogens is 158 g/mol. The van der Waals surface area contributed by atoms with Crippen molar-refractivity contribution < 1.29 is 5.06 Å². The number of hydrogen-bond acceptors (Lipinski definition) is 2. The van der Waals surface area contributed by atoms with Crippen LogP contribution in [0.3, 0.4) is 0 Å². The van der Waals surface area contributed by atoms with Crippen LogP contribution in [0, 0.1) is 5.21 Å². The van der Waals surface area contributed by atoms with E-state index in [0.29, 0.717) is 0 Å². The highest BCUT2D eigenvalue weighted by Gasteiger charge is 1.96. The molecule has 0 spiro atoms. The van der Waals surface area contributed by atoms with Gasteiger partial charge in [0, 0.05) is 11.0 Å². The van der Waals surface area contributed by atoms with E-state index in [-0.39, 0.29) is 5.06 Å². The van der Waals surface area contributed by atoms with Gasteiger partial charge in [-0.3, -0.25) is 0 Å². The Morgan fingerprint density at radius 1 is 1.45 bits per heavy atom. The zero-order chi connectivity index (χ0) is 8.27. The highest BCUT2D eigenvalue weighted by Crippen LogP contribution is 2.16. The van der Waals surface area contributed by atoms with Crippen LogP contribution in [0.5, 0.6) is 0 Å². The van der Waals surface area contributed by atoms with E-state index in [2.05, 4.69) is 0 Å². The minimum absolute atomic E-state index is 0.126. The molecule has 0 amide bonds. The van der Waals surface area contributed by atoms with Crippen LogP contribution in [0.1, 0.15) is 0 Å². The molecule has 1 rings (SSSR count). The van der Waals surface area contributed by atoms with Crippen LogP contribution in [0.4, 0.5) is 5.69 Å². The molecule has 0 aromatic heterocycles. The van der Waals surface area contributed by atoms with Crippen molar-refractivity contribution in [1.29, 1.82) is 0 Å². The molecule has 11 heavy (non-hydrogen) atoms. The Morgan fingerprint density at radius 2 is 2.18 bits per heavy atom. The summed E-state index contributed by atoms with van der Waals surface area (Å²) in [5, 5.41) is 11.0. The van der Waals surface area contributed by atoms with Gasteiger partial charge in [0.25, 0.3) is 0 Å². The first-order valence-corrected chi connectivity index (χ1v) is 4.61. The van der Waals surface area contributed by atoms with Crippen molar-refractivity contribution in [3.63, 3.8) is 0 Å². The van der Waals surface area contributed by atoms with E-state index in [1.807, 2.05) is 30.5 Å². The highest BCUT2D eigenvalue weighted by molar-refractivity contribution is 7.98. The number of thioether (sulfide) groups is 1. The van der Waals surface area contributed by atoms with Gasteiger partial charge in [-0.05, 0) is 18.4 Å². The lowest BCUT2D eigenvalue weighted by molar-refractivity contribution is -0.751. The zero-order valence-electron chi connectivity index (χ0n) is 6.63. The summed E-state index contributed by atoms with van der Waals surface area (Å²) in [6, 6.07) is 7.65. The van der Waals surface area contributed by atoms with E-state index in [0.717, 1.165) is 10.6 Å². The van der Waals surface area contributed by atoms with Gasteiger partial charge in [-0.2, -0.15) is 0 Å². The van der Waals surface area contributed by atoms with E-state index < -0.39 is 0 Å². The lowest BCUT2D eigenvalue weighted by atomic mass is 10.3. The summed E-state index contributed by atoms with van der Waals surface area (Å²) in [6.07, 6.45) is 2.00. The number of quaternary nitrogens is 1. The summed E-state index contributed by atoms with van der Waals surface area (Å²) in [5.41, 5.74) is 0.789. The molecule has 60 valence electrons. The van der Waals surface area contributed by atoms with Crippen LogP contribution < -0.4 is 5.06 Å². The summed E-state index contributed by atoms with van der Waals surface area (Å²) in [5.74, 6) is 0. The Hall–Kier alpha value is -0.510. The number of nitrogens with one attached hydrogen (secondary N) is 1. The fourth-order valence-electron chi connectivity index (χ4n) is 0.842. The van der Waals surface area contributed by atoms with Gasteiger partial charge in [0.2, 0.25) is 0 Å². The van der Waals surface area contributed by atoms with Gasteiger partial charge in [0.1, 0.15) is 5.69 Å².